The van der Waals surface area contributed by atoms with Gasteiger partial charge in [0.05, 0.1) is 0 Å². The summed E-state index contributed by atoms with van der Waals surface area (Å²) in [7, 11) is -4.35. The summed E-state index contributed by atoms with van der Waals surface area (Å²) in [6.07, 6.45) is -0.0473. The van der Waals surface area contributed by atoms with Crippen LogP contribution in [-0.4, -0.2) is 30.3 Å². The van der Waals surface area contributed by atoms with E-state index in [9.17, 15) is 18.0 Å². The molecule has 0 bridgehead atoms. The Morgan fingerprint density at radius 1 is 1.27 bits per heavy atom. The van der Waals surface area contributed by atoms with Crippen molar-refractivity contribution in [2.75, 3.05) is 5.75 Å². The Morgan fingerprint density at radius 2 is 1.73 bits per heavy atom. The molecule has 0 aliphatic rings. The number of Topliss-reactive ketones (excluding diaryl/α,β-unsaturated/α-hetero) is 2. The molecular formula is C5H8O5S. The lowest BCUT2D eigenvalue weighted by Crippen LogP contribution is -2.22. The lowest BCUT2D eigenvalue weighted by Gasteiger charge is -1.92. The van der Waals surface area contributed by atoms with Crippen LogP contribution in [0.15, 0.2) is 0 Å². The van der Waals surface area contributed by atoms with E-state index in [4.69, 9.17) is 4.55 Å². The van der Waals surface area contributed by atoms with Crippen LogP contribution in [-0.2, 0) is 19.7 Å². The van der Waals surface area contributed by atoms with Crippen molar-refractivity contribution >= 4 is 21.7 Å². The molecule has 64 valence electrons. The van der Waals surface area contributed by atoms with Gasteiger partial charge in [0.2, 0.25) is 5.78 Å². The van der Waals surface area contributed by atoms with E-state index in [-0.39, 0.29) is 6.42 Å². The van der Waals surface area contributed by atoms with Crippen LogP contribution >= 0.6 is 0 Å². The van der Waals surface area contributed by atoms with Gasteiger partial charge < -0.3 is 0 Å². The Balaban J connectivity index is 4.22. The number of carbonyl (C=O) groups excluding carboxylic acids is 2. The fourth-order valence-electron chi connectivity index (χ4n) is 0.443. The van der Waals surface area contributed by atoms with Crippen LogP contribution < -0.4 is 0 Å². The smallest absolute Gasteiger partial charge is 0.272 e. The maximum absolute atomic E-state index is 10.5. The van der Waals surface area contributed by atoms with Crippen LogP contribution in [0.25, 0.3) is 0 Å². The molecule has 0 saturated carbocycles. The molecule has 0 atom stereocenters. The van der Waals surface area contributed by atoms with E-state index >= 15 is 0 Å². The Labute approximate surface area is 64.2 Å². The maximum atomic E-state index is 10.5. The molecule has 6 heteroatoms. The molecule has 0 aliphatic heterocycles. The van der Waals surface area contributed by atoms with Gasteiger partial charge >= 0.3 is 0 Å². The predicted octanol–water partition coefficient (Wildman–Crippen LogP) is -0.578. The van der Waals surface area contributed by atoms with Crippen molar-refractivity contribution < 1.29 is 22.6 Å². The Bertz CT molecular complexity index is 263. The third-order valence-corrected chi connectivity index (χ3v) is 1.57. The monoisotopic (exact) mass is 180 g/mol. The molecule has 0 spiro atoms. The van der Waals surface area contributed by atoms with Gasteiger partial charge in [-0.2, -0.15) is 8.42 Å². The van der Waals surface area contributed by atoms with Gasteiger partial charge in [-0.3, -0.25) is 14.1 Å². The molecule has 0 rings (SSSR count). The predicted molar refractivity (Wildman–Crippen MR) is 36.7 cm³/mol. The molecule has 0 aromatic heterocycles. The first kappa shape index (κ1) is 10.2. The van der Waals surface area contributed by atoms with Gasteiger partial charge in [0.15, 0.2) is 5.78 Å². The Morgan fingerprint density at radius 3 is 2.00 bits per heavy atom. The van der Waals surface area contributed by atoms with Crippen LogP contribution in [0.3, 0.4) is 0 Å². The molecule has 0 fully saturated rings. The number of ketones is 2. The first-order valence-corrected chi connectivity index (χ1v) is 4.49. The van der Waals surface area contributed by atoms with Crippen LogP contribution in [0.4, 0.5) is 0 Å². The van der Waals surface area contributed by atoms with Crippen molar-refractivity contribution in [2.24, 2.45) is 0 Å². The minimum atomic E-state index is -4.35. The molecule has 0 amide bonds. The maximum Gasteiger partial charge on any atom is 0.272 e. The second-order valence-corrected chi connectivity index (χ2v) is 3.38. The minimum Gasteiger partial charge on any atom is -0.291 e. The van der Waals surface area contributed by atoms with Crippen molar-refractivity contribution in [3.63, 3.8) is 0 Å². The summed E-state index contributed by atoms with van der Waals surface area (Å²) in [4.78, 5) is 21.0. The van der Waals surface area contributed by atoms with Crippen molar-refractivity contribution in [3.05, 3.63) is 0 Å². The Hall–Kier alpha value is -0.750. The van der Waals surface area contributed by atoms with Crippen molar-refractivity contribution in [1.29, 1.82) is 0 Å². The summed E-state index contributed by atoms with van der Waals surface area (Å²) in [5, 5.41) is 0. The number of carbonyl (C=O) groups is 2. The average molecular weight is 180 g/mol. The van der Waals surface area contributed by atoms with Gasteiger partial charge in [-0.15, -0.1) is 0 Å². The molecule has 5 nitrogen and oxygen atoms in total. The van der Waals surface area contributed by atoms with Crippen LogP contribution in [0, 0.1) is 0 Å². The summed E-state index contributed by atoms with van der Waals surface area (Å²) in [5.74, 6) is -2.97. The van der Waals surface area contributed by atoms with Gasteiger partial charge in [0.25, 0.3) is 10.1 Å². The largest absolute Gasteiger partial charge is 0.291 e. The van der Waals surface area contributed by atoms with E-state index in [1.165, 1.54) is 6.92 Å². The van der Waals surface area contributed by atoms with E-state index < -0.39 is 27.4 Å². The molecule has 11 heavy (non-hydrogen) atoms. The fourth-order valence-corrected chi connectivity index (χ4v) is 0.936. The summed E-state index contributed by atoms with van der Waals surface area (Å²) >= 11 is 0. The van der Waals surface area contributed by atoms with Gasteiger partial charge in [-0.05, 0) is 0 Å². The van der Waals surface area contributed by atoms with Crippen molar-refractivity contribution in [3.8, 4) is 0 Å². The molecule has 0 saturated heterocycles. The highest BCUT2D eigenvalue weighted by Gasteiger charge is 2.18. The number of hydrogen-bond donors (Lipinski definition) is 1. The fraction of sp³-hybridized carbons (Fsp3) is 0.600. The number of hydrogen-bond acceptors (Lipinski definition) is 4. The molecule has 0 unspecified atom stereocenters. The van der Waals surface area contributed by atoms with E-state index in [0.29, 0.717) is 0 Å². The molecule has 0 radical (unpaired) electrons. The van der Waals surface area contributed by atoms with E-state index in [0.717, 1.165) is 0 Å². The third-order valence-electron chi connectivity index (χ3n) is 0.946. The van der Waals surface area contributed by atoms with E-state index in [1.54, 1.807) is 0 Å². The lowest BCUT2D eigenvalue weighted by atomic mass is 10.2. The van der Waals surface area contributed by atoms with Crippen molar-refractivity contribution in [1.82, 2.24) is 0 Å². The molecule has 0 aromatic rings. The first-order valence-electron chi connectivity index (χ1n) is 2.88. The van der Waals surface area contributed by atoms with Crippen LogP contribution in [0.2, 0.25) is 0 Å². The second kappa shape index (κ2) is 3.59. The molecule has 0 heterocycles. The minimum absolute atomic E-state index is 0.0473. The topological polar surface area (TPSA) is 88.5 Å². The highest BCUT2D eigenvalue weighted by atomic mass is 32.2. The van der Waals surface area contributed by atoms with Crippen molar-refractivity contribution in [2.45, 2.75) is 13.3 Å². The zero-order valence-electron chi connectivity index (χ0n) is 5.90. The summed E-state index contributed by atoms with van der Waals surface area (Å²) in [5.41, 5.74) is 0. The summed E-state index contributed by atoms with van der Waals surface area (Å²) in [6.45, 7) is 1.43. The quantitative estimate of drug-likeness (QED) is 0.462. The summed E-state index contributed by atoms with van der Waals surface area (Å²) in [6, 6.07) is 0. The van der Waals surface area contributed by atoms with Gasteiger partial charge in [-0.1, -0.05) is 6.92 Å². The second-order valence-electron chi connectivity index (χ2n) is 1.93. The van der Waals surface area contributed by atoms with Gasteiger partial charge in [0, 0.05) is 6.42 Å². The molecular weight excluding hydrogens is 172 g/mol. The lowest BCUT2D eigenvalue weighted by molar-refractivity contribution is -0.134. The SMILES string of the molecule is CCC(=O)C(=O)CS(=O)(=O)O. The van der Waals surface area contributed by atoms with E-state index in [1.807, 2.05) is 0 Å². The average Bonchev–Trinajstić information content (AvgIpc) is 1.82. The van der Waals surface area contributed by atoms with Crippen LogP contribution in [0.1, 0.15) is 13.3 Å². The highest BCUT2D eigenvalue weighted by molar-refractivity contribution is 7.86. The first-order chi connectivity index (χ1) is 4.87. The summed E-state index contributed by atoms with van der Waals surface area (Å²) < 4.78 is 28.2. The zero-order chi connectivity index (χ0) is 9.07. The normalized spacial score (nSPS) is 11.1. The number of rotatable bonds is 4. The Kier molecular flexibility index (Phi) is 3.34. The zero-order valence-corrected chi connectivity index (χ0v) is 6.72. The molecule has 1 N–H and O–H groups in total. The molecule has 0 aromatic carbocycles. The van der Waals surface area contributed by atoms with Gasteiger partial charge in [0.1, 0.15) is 5.75 Å². The van der Waals surface area contributed by atoms with Gasteiger partial charge in [-0.25, -0.2) is 0 Å². The van der Waals surface area contributed by atoms with E-state index in [2.05, 4.69) is 0 Å². The molecule has 0 aliphatic carbocycles. The standard InChI is InChI=1S/C5H8O5S/c1-2-4(6)5(7)3-11(8,9)10/h2-3H2,1H3,(H,8,9,10). The third kappa shape index (κ3) is 4.63. The van der Waals surface area contributed by atoms with Crippen LogP contribution in [0.5, 0.6) is 0 Å². The highest BCUT2D eigenvalue weighted by Crippen LogP contribution is 1.88.